The molecule has 2 fully saturated rings. The van der Waals surface area contributed by atoms with E-state index in [0.29, 0.717) is 18.7 Å². The Labute approximate surface area is 222 Å². The van der Waals surface area contributed by atoms with Gasteiger partial charge in [0.1, 0.15) is 17.1 Å². The molecule has 1 saturated heterocycles. The molecule has 0 aromatic carbocycles. The van der Waals surface area contributed by atoms with Crippen molar-refractivity contribution in [1.29, 1.82) is 0 Å². The number of ketones is 1. The van der Waals surface area contributed by atoms with Crippen LogP contribution in [0.25, 0.3) is 22.4 Å². The number of hydrogen-bond donors (Lipinski definition) is 0. The molecule has 9 nitrogen and oxygen atoms in total. The minimum Gasteiger partial charge on any atom is -0.444 e. The SMILES string of the molecule is C[C@@H]([C@@H]1CCCN1C(=O)OC(C)(C)C)n1ncc2ccc(-c3noc4c3CCC[C@@]43CCCCC3=O)nc21. The number of Topliss-reactive ketones (excluding diaryl/α,β-unsaturated/α-hetero) is 1. The Morgan fingerprint density at radius 3 is 2.76 bits per heavy atom. The van der Waals surface area contributed by atoms with Crippen molar-refractivity contribution in [3.63, 3.8) is 0 Å². The van der Waals surface area contributed by atoms with Gasteiger partial charge in [0.2, 0.25) is 0 Å². The number of amides is 1. The highest BCUT2D eigenvalue weighted by Gasteiger charge is 2.48. The van der Waals surface area contributed by atoms with E-state index < -0.39 is 11.0 Å². The molecule has 1 aliphatic heterocycles. The van der Waals surface area contributed by atoms with Gasteiger partial charge in [0.05, 0.1) is 29.4 Å². The lowest BCUT2D eigenvalue weighted by Crippen LogP contribution is -2.43. The summed E-state index contributed by atoms with van der Waals surface area (Å²) in [6.07, 6.45) is 9.47. The Kier molecular flexibility index (Phi) is 6.07. The molecule has 9 heteroatoms. The van der Waals surface area contributed by atoms with Crippen LogP contribution in [0.5, 0.6) is 0 Å². The maximum absolute atomic E-state index is 13.1. The van der Waals surface area contributed by atoms with Crippen LogP contribution in [0.3, 0.4) is 0 Å². The van der Waals surface area contributed by atoms with Crippen LogP contribution >= 0.6 is 0 Å². The van der Waals surface area contributed by atoms with E-state index in [-0.39, 0.29) is 18.2 Å². The molecule has 1 saturated carbocycles. The highest BCUT2D eigenvalue weighted by molar-refractivity contribution is 5.91. The number of carbonyl (C=O) groups excluding carboxylic acids is 2. The molecule has 3 atom stereocenters. The molecular weight excluding hydrogens is 482 g/mol. The fraction of sp³-hybridized carbons (Fsp3) is 0.621. The molecule has 3 aliphatic rings. The van der Waals surface area contributed by atoms with E-state index in [1.165, 1.54) is 0 Å². The largest absolute Gasteiger partial charge is 0.444 e. The van der Waals surface area contributed by atoms with Crippen LogP contribution in [0.2, 0.25) is 0 Å². The van der Waals surface area contributed by atoms with E-state index in [1.54, 1.807) is 0 Å². The van der Waals surface area contributed by atoms with E-state index >= 15 is 0 Å². The monoisotopic (exact) mass is 519 g/mol. The van der Waals surface area contributed by atoms with Gasteiger partial charge in [-0.05, 0) is 84.8 Å². The van der Waals surface area contributed by atoms with Crippen molar-refractivity contribution in [2.75, 3.05) is 6.54 Å². The summed E-state index contributed by atoms with van der Waals surface area (Å²) in [5, 5.41) is 10.1. The third-order valence-electron chi connectivity index (χ3n) is 8.60. The number of hydrogen-bond acceptors (Lipinski definition) is 7. The Hall–Kier alpha value is -3.23. The molecule has 0 radical (unpaired) electrons. The molecule has 1 amide bonds. The number of nitrogens with zero attached hydrogens (tertiary/aromatic N) is 5. The van der Waals surface area contributed by atoms with Crippen LogP contribution in [0.15, 0.2) is 22.9 Å². The van der Waals surface area contributed by atoms with Crippen molar-refractivity contribution < 1.29 is 18.8 Å². The number of ether oxygens (including phenoxy) is 1. The Bertz CT molecular complexity index is 1390. The molecule has 3 aromatic heterocycles. The zero-order valence-corrected chi connectivity index (χ0v) is 22.8. The van der Waals surface area contributed by atoms with Gasteiger partial charge in [0.15, 0.2) is 11.4 Å². The third kappa shape index (κ3) is 4.10. The number of rotatable bonds is 3. The predicted octanol–water partition coefficient (Wildman–Crippen LogP) is 5.76. The molecule has 0 N–H and O–H groups in total. The lowest BCUT2D eigenvalue weighted by molar-refractivity contribution is -0.128. The summed E-state index contributed by atoms with van der Waals surface area (Å²) in [7, 11) is 0. The van der Waals surface area contributed by atoms with Crippen molar-refractivity contribution in [2.45, 2.75) is 109 Å². The molecule has 38 heavy (non-hydrogen) atoms. The standard InChI is InChI=1S/C29H37N5O4/c1-18(22-10-8-16-33(22)27(36)37-28(2,3)4)34-26-19(17-30-34)12-13-21(31-26)24-20-9-7-15-29(25(20)38-32-24)14-6-5-11-23(29)35/h12-13,17-18,22H,5-11,14-16H2,1-4H3/t18-,22-,29+/m0/s1. The van der Waals surface area contributed by atoms with Gasteiger partial charge < -0.3 is 14.2 Å². The van der Waals surface area contributed by atoms with Gasteiger partial charge in [-0.1, -0.05) is 11.6 Å². The summed E-state index contributed by atoms with van der Waals surface area (Å²) in [6.45, 7) is 8.43. The van der Waals surface area contributed by atoms with Crippen LogP contribution in [0, 0.1) is 0 Å². The number of pyridine rings is 1. The van der Waals surface area contributed by atoms with Gasteiger partial charge in [0, 0.05) is 23.9 Å². The maximum Gasteiger partial charge on any atom is 0.410 e. The van der Waals surface area contributed by atoms with E-state index in [1.807, 2.05) is 48.7 Å². The normalized spacial score (nSPS) is 24.7. The number of carbonyl (C=O) groups is 2. The second-order valence-corrected chi connectivity index (χ2v) is 12.2. The summed E-state index contributed by atoms with van der Waals surface area (Å²) < 4.78 is 13.6. The second-order valence-electron chi connectivity index (χ2n) is 12.2. The first-order valence-corrected chi connectivity index (χ1v) is 14.0. The fourth-order valence-corrected chi connectivity index (χ4v) is 6.75. The summed E-state index contributed by atoms with van der Waals surface area (Å²) in [6, 6.07) is 3.86. The minimum atomic E-state index is -0.542. The average molecular weight is 520 g/mol. The van der Waals surface area contributed by atoms with Crippen molar-refractivity contribution in [3.8, 4) is 11.4 Å². The Morgan fingerprint density at radius 2 is 1.97 bits per heavy atom. The lowest BCUT2D eigenvalue weighted by Gasteiger charge is -2.36. The van der Waals surface area contributed by atoms with Gasteiger partial charge >= 0.3 is 6.09 Å². The zero-order valence-electron chi connectivity index (χ0n) is 22.8. The Balaban J connectivity index is 1.33. The molecule has 4 heterocycles. The van der Waals surface area contributed by atoms with E-state index in [9.17, 15) is 9.59 Å². The smallest absolute Gasteiger partial charge is 0.410 e. The molecule has 2 aliphatic carbocycles. The first kappa shape index (κ1) is 25.1. The summed E-state index contributed by atoms with van der Waals surface area (Å²) in [5.41, 5.74) is 2.19. The van der Waals surface area contributed by atoms with Gasteiger partial charge in [0.25, 0.3) is 0 Å². The van der Waals surface area contributed by atoms with Gasteiger partial charge in [-0.2, -0.15) is 5.10 Å². The molecular formula is C29H37N5O4. The van der Waals surface area contributed by atoms with Crippen molar-refractivity contribution in [2.24, 2.45) is 0 Å². The maximum atomic E-state index is 13.1. The molecule has 202 valence electrons. The second kappa shape index (κ2) is 9.20. The van der Waals surface area contributed by atoms with Gasteiger partial charge in [-0.15, -0.1) is 0 Å². The molecule has 0 bridgehead atoms. The highest BCUT2D eigenvalue weighted by atomic mass is 16.6. The topological polar surface area (TPSA) is 103 Å². The lowest BCUT2D eigenvalue weighted by atomic mass is 9.64. The minimum absolute atomic E-state index is 0.0320. The molecule has 3 aromatic rings. The zero-order chi connectivity index (χ0) is 26.7. The number of fused-ring (bicyclic) bond motifs is 3. The van der Waals surface area contributed by atoms with Crippen molar-refractivity contribution in [1.82, 2.24) is 24.8 Å². The molecule has 6 rings (SSSR count). The average Bonchev–Trinajstić information content (AvgIpc) is 3.62. The summed E-state index contributed by atoms with van der Waals surface area (Å²) in [4.78, 5) is 32.8. The van der Waals surface area contributed by atoms with Gasteiger partial charge in [-0.25, -0.2) is 14.5 Å². The van der Waals surface area contributed by atoms with E-state index in [0.717, 1.165) is 85.1 Å². The molecule has 1 spiro atoms. The summed E-state index contributed by atoms with van der Waals surface area (Å²) >= 11 is 0. The van der Waals surface area contributed by atoms with Crippen LogP contribution in [0.4, 0.5) is 4.79 Å². The van der Waals surface area contributed by atoms with Gasteiger partial charge in [-0.3, -0.25) is 4.79 Å². The molecule has 0 unspecified atom stereocenters. The van der Waals surface area contributed by atoms with Crippen molar-refractivity contribution in [3.05, 3.63) is 29.7 Å². The Morgan fingerprint density at radius 1 is 1.16 bits per heavy atom. The first-order valence-electron chi connectivity index (χ1n) is 14.0. The van der Waals surface area contributed by atoms with Crippen LogP contribution < -0.4 is 0 Å². The van der Waals surface area contributed by atoms with Crippen LogP contribution in [-0.4, -0.2) is 54.9 Å². The fourth-order valence-electron chi connectivity index (χ4n) is 6.75. The number of likely N-dealkylation sites (tertiary alicyclic amines) is 1. The van der Waals surface area contributed by atoms with Crippen molar-refractivity contribution >= 4 is 22.9 Å². The van der Waals surface area contributed by atoms with Crippen LogP contribution in [-0.2, 0) is 21.4 Å². The quantitative estimate of drug-likeness (QED) is 0.433. The summed E-state index contributed by atoms with van der Waals surface area (Å²) in [5.74, 6) is 1.07. The number of aromatic nitrogens is 4. The first-order chi connectivity index (χ1) is 18.2. The predicted molar refractivity (Wildman–Crippen MR) is 142 cm³/mol. The van der Waals surface area contributed by atoms with E-state index in [2.05, 4.69) is 17.2 Å². The highest BCUT2D eigenvalue weighted by Crippen LogP contribution is 2.47. The van der Waals surface area contributed by atoms with E-state index in [4.69, 9.17) is 14.2 Å². The third-order valence-corrected chi connectivity index (χ3v) is 8.60. The van der Waals surface area contributed by atoms with Crippen LogP contribution in [0.1, 0.15) is 96.4 Å².